The van der Waals surface area contributed by atoms with Gasteiger partial charge in [-0.2, -0.15) is 0 Å². The summed E-state index contributed by atoms with van der Waals surface area (Å²) in [7, 11) is 1.58. The molecule has 0 aliphatic heterocycles. The summed E-state index contributed by atoms with van der Waals surface area (Å²) in [6.45, 7) is 2.45. The van der Waals surface area contributed by atoms with Crippen LogP contribution in [0, 0.1) is 22.8 Å². The number of carbonyl (C=O) groups is 1. The first-order chi connectivity index (χ1) is 12.5. The number of ether oxygens (including phenoxy) is 3. The molecule has 0 unspecified atom stereocenters. The van der Waals surface area contributed by atoms with Gasteiger partial charge in [0.15, 0.2) is 18.1 Å². The van der Waals surface area contributed by atoms with E-state index in [0.717, 1.165) is 14.7 Å². The lowest BCUT2D eigenvalue weighted by molar-refractivity contribution is -0.136. The fraction of sp³-hybridized carbons (Fsp3) is 0.190. The lowest BCUT2D eigenvalue weighted by atomic mass is 10.1. The molecule has 0 aliphatic carbocycles. The van der Waals surface area contributed by atoms with E-state index < -0.39 is 5.97 Å². The summed E-state index contributed by atoms with van der Waals surface area (Å²) in [5.41, 5.74) is 3.09. The van der Waals surface area contributed by atoms with Crippen molar-refractivity contribution in [3.8, 4) is 23.8 Å². The first-order valence-electron chi connectivity index (χ1n) is 7.88. The number of benzene rings is 2. The van der Waals surface area contributed by atoms with Crippen molar-refractivity contribution in [2.45, 2.75) is 13.5 Å². The highest BCUT2D eigenvalue weighted by molar-refractivity contribution is 14.1. The Morgan fingerprint density at radius 2 is 2.08 bits per heavy atom. The standard InChI is InChI=1S/C21H19IO4/c1-4-11-25-20(23)10-9-16-12-18(22)21(19(13-16)24-3)26-14-17-8-6-5-7-15(17)2/h1,5-10,12-13H,11,14H2,2-3H3/b10-9+. The van der Waals surface area contributed by atoms with E-state index in [2.05, 4.69) is 28.5 Å². The summed E-state index contributed by atoms with van der Waals surface area (Å²) >= 11 is 2.18. The van der Waals surface area contributed by atoms with Gasteiger partial charge >= 0.3 is 5.97 Å². The van der Waals surface area contributed by atoms with Crippen LogP contribution in [0.1, 0.15) is 16.7 Å². The highest BCUT2D eigenvalue weighted by atomic mass is 127. The lowest BCUT2D eigenvalue weighted by Gasteiger charge is -2.14. The number of esters is 1. The number of carbonyl (C=O) groups excluding carboxylic acids is 1. The molecule has 0 heterocycles. The van der Waals surface area contributed by atoms with Crippen molar-refractivity contribution in [2.75, 3.05) is 13.7 Å². The molecule has 0 atom stereocenters. The minimum Gasteiger partial charge on any atom is -0.493 e. The molecule has 134 valence electrons. The number of methoxy groups -OCH3 is 1. The monoisotopic (exact) mass is 462 g/mol. The van der Waals surface area contributed by atoms with Crippen LogP contribution in [0.25, 0.3) is 6.08 Å². The van der Waals surface area contributed by atoms with Crippen LogP contribution in [-0.4, -0.2) is 19.7 Å². The molecule has 0 saturated heterocycles. The quantitative estimate of drug-likeness (QED) is 0.265. The van der Waals surface area contributed by atoms with Gasteiger partial charge in [-0.1, -0.05) is 30.2 Å². The molecule has 5 heteroatoms. The third-order valence-electron chi connectivity index (χ3n) is 3.59. The van der Waals surface area contributed by atoms with Crippen molar-refractivity contribution in [3.05, 3.63) is 62.7 Å². The highest BCUT2D eigenvalue weighted by Crippen LogP contribution is 2.35. The predicted molar refractivity (Wildman–Crippen MR) is 110 cm³/mol. The van der Waals surface area contributed by atoms with E-state index in [1.54, 1.807) is 19.3 Å². The molecule has 0 N–H and O–H groups in total. The SMILES string of the molecule is C#CCOC(=O)/C=C/c1cc(I)c(OCc2ccccc2C)c(OC)c1. The minimum atomic E-state index is -0.489. The van der Waals surface area contributed by atoms with Gasteiger partial charge in [0.05, 0.1) is 10.7 Å². The first-order valence-corrected chi connectivity index (χ1v) is 8.96. The molecule has 0 fully saturated rings. The molecule has 26 heavy (non-hydrogen) atoms. The number of halogens is 1. The molecule has 0 amide bonds. The Kier molecular flexibility index (Phi) is 7.54. The molecule has 0 aromatic heterocycles. The van der Waals surface area contributed by atoms with Gasteiger partial charge in [-0.15, -0.1) is 6.42 Å². The molecular formula is C21H19IO4. The van der Waals surface area contributed by atoms with E-state index in [1.165, 1.54) is 11.6 Å². The summed E-state index contributed by atoms with van der Waals surface area (Å²) in [6, 6.07) is 11.8. The predicted octanol–water partition coefficient (Wildman–Crippen LogP) is 4.38. The molecule has 2 aromatic rings. The zero-order chi connectivity index (χ0) is 18.9. The van der Waals surface area contributed by atoms with E-state index in [1.807, 2.05) is 37.3 Å². The normalized spacial score (nSPS) is 10.4. The molecule has 0 spiro atoms. The van der Waals surface area contributed by atoms with Crippen molar-refractivity contribution in [1.82, 2.24) is 0 Å². The summed E-state index contributed by atoms with van der Waals surface area (Å²) in [4.78, 5) is 11.5. The smallest absolute Gasteiger partial charge is 0.331 e. The Bertz CT molecular complexity index is 850. The first kappa shape index (κ1) is 19.9. The zero-order valence-corrected chi connectivity index (χ0v) is 16.8. The summed E-state index contributed by atoms with van der Waals surface area (Å²) < 4.78 is 17.1. The van der Waals surface area contributed by atoms with Crippen LogP contribution in [0.5, 0.6) is 11.5 Å². The fourth-order valence-corrected chi connectivity index (χ4v) is 3.00. The fourth-order valence-electron chi connectivity index (χ4n) is 2.22. The average molecular weight is 462 g/mol. The maximum atomic E-state index is 11.5. The van der Waals surface area contributed by atoms with Crippen LogP contribution in [-0.2, 0) is 16.1 Å². The van der Waals surface area contributed by atoms with Gasteiger partial charge in [0.1, 0.15) is 6.61 Å². The van der Waals surface area contributed by atoms with Gasteiger partial charge in [0, 0.05) is 6.08 Å². The molecule has 2 aromatic carbocycles. The van der Waals surface area contributed by atoms with E-state index in [4.69, 9.17) is 20.6 Å². The number of terminal acetylenes is 1. The van der Waals surface area contributed by atoms with Gasteiger partial charge in [0.25, 0.3) is 0 Å². The number of hydrogen-bond donors (Lipinski definition) is 0. The maximum absolute atomic E-state index is 11.5. The lowest BCUT2D eigenvalue weighted by Crippen LogP contribution is -2.02. The largest absolute Gasteiger partial charge is 0.493 e. The zero-order valence-electron chi connectivity index (χ0n) is 14.6. The second-order valence-corrected chi connectivity index (χ2v) is 6.56. The molecule has 0 bridgehead atoms. The second-order valence-electron chi connectivity index (χ2n) is 5.39. The topological polar surface area (TPSA) is 44.8 Å². The molecular weight excluding hydrogens is 443 g/mol. The number of rotatable bonds is 7. The van der Waals surface area contributed by atoms with Gasteiger partial charge in [-0.3, -0.25) is 0 Å². The summed E-state index contributed by atoms with van der Waals surface area (Å²) in [6.07, 6.45) is 8.03. The number of hydrogen-bond acceptors (Lipinski definition) is 4. The second kappa shape index (κ2) is 9.88. The van der Waals surface area contributed by atoms with Crippen LogP contribution in [0.2, 0.25) is 0 Å². The van der Waals surface area contributed by atoms with E-state index in [0.29, 0.717) is 18.1 Å². The van der Waals surface area contributed by atoms with Gasteiger partial charge in [0.2, 0.25) is 0 Å². The van der Waals surface area contributed by atoms with Gasteiger partial charge in [-0.05, 0) is 64.4 Å². The Morgan fingerprint density at radius 3 is 2.77 bits per heavy atom. The maximum Gasteiger partial charge on any atom is 0.331 e. The van der Waals surface area contributed by atoms with Crippen LogP contribution in [0.15, 0.2) is 42.5 Å². The van der Waals surface area contributed by atoms with Crippen LogP contribution < -0.4 is 9.47 Å². The van der Waals surface area contributed by atoms with Crippen molar-refractivity contribution in [1.29, 1.82) is 0 Å². The average Bonchev–Trinajstić information content (AvgIpc) is 2.64. The highest BCUT2D eigenvalue weighted by Gasteiger charge is 2.12. The van der Waals surface area contributed by atoms with Crippen molar-refractivity contribution in [3.63, 3.8) is 0 Å². The van der Waals surface area contributed by atoms with Crippen LogP contribution >= 0.6 is 22.6 Å². The molecule has 4 nitrogen and oxygen atoms in total. The summed E-state index contributed by atoms with van der Waals surface area (Å²) in [5, 5.41) is 0. The Morgan fingerprint density at radius 1 is 1.31 bits per heavy atom. The third-order valence-corrected chi connectivity index (χ3v) is 4.40. The van der Waals surface area contributed by atoms with E-state index >= 15 is 0 Å². The Balaban J connectivity index is 2.16. The van der Waals surface area contributed by atoms with E-state index in [9.17, 15) is 4.79 Å². The Labute approximate surface area is 167 Å². The summed E-state index contributed by atoms with van der Waals surface area (Å²) in [5.74, 6) is 3.03. The van der Waals surface area contributed by atoms with Crippen molar-refractivity contribution >= 4 is 34.6 Å². The van der Waals surface area contributed by atoms with E-state index in [-0.39, 0.29) is 6.61 Å². The molecule has 0 saturated carbocycles. The molecule has 0 radical (unpaired) electrons. The van der Waals surface area contributed by atoms with Crippen LogP contribution in [0.3, 0.4) is 0 Å². The van der Waals surface area contributed by atoms with Crippen molar-refractivity contribution in [2.24, 2.45) is 0 Å². The van der Waals surface area contributed by atoms with Crippen LogP contribution in [0.4, 0.5) is 0 Å². The molecule has 0 aliphatic rings. The van der Waals surface area contributed by atoms with Gasteiger partial charge in [-0.25, -0.2) is 4.79 Å². The van der Waals surface area contributed by atoms with Gasteiger partial charge < -0.3 is 14.2 Å². The number of aryl methyl sites for hydroxylation is 1. The minimum absolute atomic E-state index is 0.0459. The van der Waals surface area contributed by atoms with Crippen molar-refractivity contribution < 1.29 is 19.0 Å². The Hall–Kier alpha value is -2.46. The molecule has 2 rings (SSSR count). The third kappa shape index (κ3) is 5.53.